The van der Waals surface area contributed by atoms with E-state index in [9.17, 15) is 5.11 Å². The molecule has 3 nitrogen and oxygen atoms in total. The summed E-state index contributed by atoms with van der Waals surface area (Å²) in [6, 6.07) is 0. The Balaban J connectivity index is 1.71. The average molecular weight is 300 g/mol. The Bertz CT molecular complexity index is 603. The van der Waals surface area contributed by atoms with Crippen molar-refractivity contribution in [3.05, 3.63) is 35.6 Å². The summed E-state index contributed by atoms with van der Waals surface area (Å²) in [6.45, 7) is 4.63. The van der Waals surface area contributed by atoms with Crippen molar-refractivity contribution in [2.75, 3.05) is 0 Å². The van der Waals surface area contributed by atoms with Gasteiger partial charge in [0.05, 0.1) is 11.4 Å². The van der Waals surface area contributed by atoms with Gasteiger partial charge in [-0.25, -0.2) is 0 Å². The fraction of sp³-hybridized carbons (Fsp3) is 0.684. The molecule has 5 atom stereocenters. The number of aliphatic hydroxyl groups is 1. The molecule has 0 heterocycles. The molecule has 4 rings (SSSR count). The van der Waals surface area contributed by atoms with E-state index in [4.69, 9.17) is 11.5 Å². The number of fused-ring (bicyclic) bond motifs is 5. The van der Waals surface area contributed by atoms with Crippen molar-refractivity contribution in [1.29, 1.82) is 0 Å². The second-order valence-electron chi connectivity index (χ2n) is 8.53. The number of allylic oxidation sites excluding steroid dienone is 4. The molecule has 0 aliphatic heterocycles. The molecular formula is C19H28N2O. The van der Waals surface area contributed by atoms with Crippen LogP contribution in [0.15, 0.2) is 35.6 Å². The van der Waals surface area contributed by atoms with Gasteiger partial charge in [0.25, 0.3) is 0 Å². The van der Waals surface area contributed by atoms with E-state index < -0.39 is 5.66 Å². The van der Waals surface area contributed by atoms with Crippen LogP contribution in [0.25, 0.3) is 0 Å². The topological polar surface area (TPSA) is 72.3 Å². The lowest BCUT2D eigenvalue weighted by molar-refractivity contribution is -0.00939. The summed E-state index contributed by atoms with van der Waals surface area (Å²) in [7, 11) is 0. The number of aliphatic hydroxyl groups excluding tert-OH is 1. The van der Waals surface area contributed by atoms with Crippen LogP contribution >= 0.6 is 0 Å². The minimum Gasteiger partial charge on any atom is -0.512 e. The second kappa shape index (κ2) is 4.27. The van der Waals surface area contributed by atoms with E-state index in [0.29, 0.717) is 23.5 Å². The first-order chi connectivity index (χ1) is 10.3. The van der Waals surface area contributed by atoms with Crippen LogP contribution in [0.1, 0.15) is 46.0 Å². The van der Waals surface area contributed by atoms with Crippen LogP contribution < -0.4 is 11.5 Å². The van der Waals surface area contributed by atoms with Crippen molar-refractivity contribution in [2.24, 2.45) is 40.1 Å². The van der Waals surface area contributed by atoms with E-state index in [1.54, 1.807) is 0 Å². The lowest BCUT2D eigenvalue weighted by atomic mass is 9.49. The van der Waals surface area contributed by atoms with Crippen molar-refractivity contribution in [1.82, 2.24) is 0 Å². The molecule has 1 saturated carbocycles. The molecule has 120 valence electrons. The van der Waals surface area contributed by atoms with Gasteiger partial charge in [-0.15, -0.1) is 0 Å². The zero-order valence-electron chi connectivity index (χ0n) is 13.7. The first-order valence-electron chi connectivity index (χ1n) is 8.63. The Morgan fingerprint density at radius 3 is 2.64 bits per heavy atom. The Morgan fingerprint density at radius 2 is 1.86 bits per heavy atom. The van der Waals surface area contributed by atoms with Gasteiger partial charge in [-0.3, -0.25) is 0 Å². The van der Waals surface area contributed by atoms with Crippen molar-refractivity contribution in [2.45, 2.75) is 51.6 Å². The van der Waals surface area contributed by atoms with Crippen molar-refractivity contribution in [3.8, 4) is 0 Å². The van der Waals surface area contributed by atoms with Gasteiger partial charge in [-0.05, 0) is 49.5 Å². The Morgan fingerprint density at radius 1 is 1.09 bits per heavy atom. The number of nitrogens with two attached hydrogens (primary N) is 2. The molecule has 3 unspecified atom stereocenters. The van der Waals surface area contributed by atoms with Crippen molar-refractivity contribution < 1.29 is 5.11 Å². The maximum absolute atomic E-state index is 10.3. The van der Waals surface area contributed by atoms with E-state index in [2.05, 4.69) is 32.1 Å². The van der Waals surface area contributed by atoms with Crippen LogP contribution in [-0.4, -0.2) is 10.8 Å². The summed E-state index contributed by atoms with van der Waals surface area (Å²) < 4.78 is 0. The molecule has 5 N–H and O–H groups in total. The Kier molecular flexibility index (Phi) is 2.82. The molecule has 1 fully saturated rings. The van der Waals surface area contributed by atoms with Crippen LogP contribution in [0.2, 0.25) is 0 Å². The molecule has 0 bridgehead atoms. The van der Waals surface area contributed by atoms with Crippen LogP contribution in [0.5, 0.6) is 0 Å². The molecule has 0 radical (unpaired) electrons. The largest absolute Gasteiger partial charge is 0.512 e. The fourth-order valence-corrected chi connectivity index (χ4v) is 5.85. The third-order valence-electron chi connectivity index (χ3n) is 7.31. The molecule has 22 heavy (non-hydrogen) atoms. The Hall–Kier alpha value is -1.06. The summed E-state index contributed by atoms with van der Waals surface area (Å²) in [5.74, 6) is 2.52. The quantitative estimate of drug-likeness (QED) is 0.474. The zero-order valence-corrected chi connectivity index (χ0v) is 13.7. The minimum atomic E-state index is -0.686. The highest BCUT2D eigenvalue weighted by Gasteiger charge is 2.56. The molecule has 3 heteroatoms. The highest BCUT2D eigenvalue weighted by Crippen LogP contribution is 2.63. The lowest BCUT2D eigenvalue weighted by Gasteiger charge is -2.56. The van der Waals surface area contributed by atoms with Crippen LogP contribution in [0.4, 0.5) is 0 Å². The summed E-state index contributed by atoms with van der Waals surface area (Å²) in [5, 5.41) is 10.3. The molecule has 0 spiro atoms. The Labute approximate surface area is 133 Å². The third kappa shape index (κ3) is 1.75. The van der Waals surface area contributed by atoms with Gasteiger partial charge < -0.3 is 16.6 Å². The maximum atomic E-state index is 10.3. The molecule has 0 amide bonds. The van der Waals surface area contributed by atoms with Crippen LogP contribution in [-0.2, 0) is 0 Å². The summed E-state index contributed by atoms with van der Waals surface area (Å²) >= 11 is 0. The monoisotopic (exact) mass is 300 g/mol. The average Bonchev–Trinajstić information content (AvgIpc) is 2.76. The highest BCUT2D eigenvalue weighted by molar-refractivity contribution is 5.36. The molecular weight excluding hydrogens is 272 g/mol. The van der Waals surface area contributed by atoms with Gasteiger partial charge in [0.1, 0.15) is 0 Å². The van der Waals surface area contributed by atoms with Gasteiger partial charge in [0, 0.05) is 17.3 Å². The number of rotatable bonds is 0. The van der Waals surface area contributed by atoms with E-state index in [-0.39, 0.29) is 10.8 Å². The normalized spacial score (nSPS) is 48.8. The number of hydrogen-bond acceptors (Lipinski definition) is 3. The SMILES string of the molecule is C[C@]12C=CC(N)(N)CC1=CCC1C2CC[C@]2(C)C(O)=CCC12. The van der Waals surface area contributed by atoms with Gasteiger partial charge in [0.15, 0.2) is 0 Å². The zero-order chi connectivity index (χ0) is 15.8. The smallest absolute Gasteiger partial charge is 0.0944 e. The minimum absolute atomic E-state index is 0.00669. The van der Waals surface area contributed by atoms with Gasteiger partial charge in [-0.1, -0.05) is 37.6 Å². The van der Waals surface area contributed by atoms with E-state index in [0.717, 1.165) is 25.7 Å². The van der Waals surface area contributed by atoms with Gasteiger partial charge >= 0.3 is 0 Å². The standard InChI is InChI=1S/C19H28N2O/c1-17-9-10-19(20,21)11-12(17)3-4-13-14-5-6-16(22)18(14,2)8-7-15(13)17/h3,6,9-10,13-15,22H,4-5,7-8,11,20-21H2,1-2H3/t13?,14?,15?,17-,18-/m0/s1. The first-order valence-corrected chi connectivity index (χ1v) is 8.63. The molecule has 0 aromatic heterocycles. The molecule has 4 aliphatic rings. The summed E-state index contributed by atoms with van der Waals surface area (Å²) in [5.41, 5.74) is 13.1. The second-order valence-corrected chi connectivity index (χ2v) is 8.53. The third-order valence-corrected chi connectivity index (χ3v) is 7.31. The summed E-state index contributed by atoms with van der Waals surface area (Å²) in [4.78, 5) is 0. The van der Waals surface area contributed by atoms with Gasteiger partial charge in [0.2, 0.25) is 0 Å². The van der Waals surface area contributed by atoms with Gasteiger partial charge in [-0.2, -0.15) is 0 Å². The fourth-order valence-electron chi connectivity index (χ4n) is 5.85. The van der Waals surface area contributed by atoms with Crippen LogP contribution in [0, 0.1) is 28.6 Å². The number of hydrogen-bond donors (Lipinski definition) is 3. The molecule has 0 aromatic rings. The molecule has 4 aliphatic carbocycles. The molecule has 0 aromatic carbocycles. The highest BCUT2D eigenvalue weighted by atomic mass is 16.3. The maximum Gasteiger partial charge on any atom is 0.0944 e. The lowest BCUT2D eigenvalue weighted by Crippen LogP contribution is -2.55. The van der Waals surface area contributed by atoms with E-state index in [1.165, 1.54) is 12.0 Å². The van der Waals surface area contributed by atoms with E-state index >= 15 is 0 Å². The van der Waals surface area contributed by atoms with Crippen molar-refractivity contribution in [3.63, 3.8) is 0 Å². The first kappa shape index (κ1) is 14.5. The van der Waals surface area contributed by atoms with Crippen LogP contribution in [0.3, 0.4) is 0 Å². The van der Waals surface area contributed by atoms with Crippen molar-refractivity contribution >= 4 is 0 Å². The van der Waals surface area contributed by atoms with E-state index in [1.807, 2.05) is 6.08 Å². The predicted octanol–water partition coefficient (Wildman–Crippen LogP) is 3.39. The predicted molar refractivity (Wildman–Crippen MR) is 88.8 cm³/mol. The summed E-state index contributed by atoms with van der Waals surface area (Å²) in [6.07, 6.45) is 14.0. The molecule has 0 saturated heterocycles.